The molecule has 2 nitrogen and oxygen atoms in total. The molecule has 1 heterocycles. The van der Waals surface area contributed by atoms with E-state index in [9.17, 15) is 8.78 Å². The van der Waals surface area contributed by atoms with E-state index in [1.54, 1.807) is 0 Å². The highest BCUT2D eigenvalue weighted by atomic mass is 35.5. The average Bonchev–Trinajstić information content (AvgIpc) is 2.30. The summed E-state index contributed by atoms with van der Waals surface area (Å²) in [5, 5.41) is 0. The molecule has 5 heteroatoms. The first-order valence-electron chi connectivity index (χ1n) is 7.32. The van der Waals surface area contributed by atoms with E-state index in [-0.39, 0.29) is 31.2 Å². The number of alkyl halides is 2. The molecule has 2 N–H and O–H groups in total. The zero-order valence-corrected chi connectivity index (χ0v) is 12.6. The molecular formula is C14H27ClF2N2. The van der Waals surface area contributed by atoms with Crippen LogP contribution in [-0.2, 0) is 0 Å². The van der Waals surface area contributed by atoms with Crippen LogP contribution in [0.1, 0.15) is 45.4 Å². The lowest BCUT2D eigenvalue weighted by Crippen LogP contribution is -2.48. The van der Waals surface area contributed by atoms with Crippen molar-refractivity contribution in [2.24, 2.45) is 17.6 Å². The molecule has 1 aliphatic heterocycles. The average molecular weight is 297 g/mol. The van der Waals surface area contributed by atoms with Crippen LogP contribution in [0.5, 0.6) is 0 Å². The van der Waals surface area contributed by atoms with Gasteiger partial charge < -0.3 is 5.73 Å². The third-order valence-electron chi connectivity index (χ3n) is 4.61. The quantitative estimate of drug-likeness (QED) is 0.866. The van der Waals surface area contributed by atoms with Crippen molar-refractivity contribution in [2.45, 2.75) is 57.4 Å². The summed E-state index contributed by atoms with van der Waals surface area (Å²) in [4.78, 5) is 2.37. The number of likely N-dealkylation sites (tertiary alicyclic amines) is 1. The van der Waals surface area contributed by atoms with Crippen molar-refractivity contribution >= 4 is 12.4 Å². The van der Waals surface area contributed by atoms with Crippen LogP contribution in [-0.4, -0.2) is 36.5 Å². The zero-order valence-electron chi connectivity index (χ0n) is 11.8. The molecular weight excluding hydrogens is 270 g/mol. The van der Waals surface area contributed by atoms with Gasteiger partial charge in [0.1, 0.15) is 0 Å². The van der Waals surface area contributed by atoms with Gasteiger partial charge >= 0.3 is 0 Å². The van der Waals surface area contributed by atoms with Crippen LogP contribution >= 0.6 is 12.4 Å². The first-order valence-corrected chi connectivity index (χ1v) is 7.32. The van der Waals surface area contributed by atoms with Gasteiger partial charge in [0.15, 0.2) is 0 Å². The number of hydrogen-bond donors (Lipinski definition) is 1. The molecule has 0 spiro atoms. The molecule has 2 rings (SSSR count). The first-order chi connectivity index (χ1) is 8.50. The molecule has 0 aromatic carbocycles. The maximum absolute atomic E-state index is 13.4. The highest BCUT2D eigenvalue weighted by molar-refractivity contribution is 5.85. The van der Waals surface area contributed by atoms with Gasteiger partial charge in [0.2, 0.25) is 5.92 Å². The maximum Gasteiger partial charge on any atom is 0.248 e. The monoisotopic (exact) mass is 296 g/mol. The molecule has 0 bridgehead atoms. The summed E-state index contributed by atoms with van der Waals surface area (Å²) in [6.07, 6.45) is 4.10. The minimum absolute atomic E-state index is 0. The van der Waals surface area contributed by atoms with E-state index in [1.165, 1.54) is 6.42 Å². The van der Waals surface area contributed by atoms with Crippen LogP contribution in [0.25, 0.3) is 0 Å². The fourth-order valence-electron chi connectivity index (χ4n) is 3.55. The minimum atomic E-state index is -2.43. The van der Waals surface area contributed by atoms with E-state index in [0.29, 0.717) is 19.0 Å². The van der Waals surface area contributed by atoms with Gasteiger partial charge in [-0.3, -0.25) is 4.90 Å². The minimum Gasteiger partial charge on any atom is -0.329 e. The van der Waals surface area contributed by atoms with Crippen LogP contribution < -0.4 is 5.73 Å². The summed E-state index contributed by atoms with van der Waals surface area (Å²) in [7, 11) is 0. The maximum atomic E-state index is 13.4. The van der Waals surface area contributed by atoms with E-state index in [4.69, 9.17) is 5.73 Å². The third-order valence-corrected chi connectivity index (χ3v) is 4.61. The largest absolute Gasteiger partial charge is 0.329 e. The molecule has 3 atom stereocenters. The van der Waals surface area contributed by atoms with Crippen LogP contribution in [0, 0.1) is 11.8 Å². The second-order valence-corrected chi connectivity index (χ2v) is 6.33. The van der Waals surface area contributed by atoms with E-state index in [2.05, 4.69) is 11.8 Å². The van der Waals surface area contributed by atoms with Gasteiger partial charge in [0, 0.05) is 32.0 Å². The van der Waals surface area contributed by atoms with E-state index in [0.717, 1.165) is 31.8 Å². The zero-order chi connectivity index (χ0) is 13.2. The van der Waals surface area contributed by atoms with Crippen molar-refractivity contribution in [1.82, 2.24) is 4.90 Å². The molecule has 2 fully saturated rings. The lowest BCUT2D eigenvalue weighted by molar-refractivity contribution is -0.0603. The molecule has 0 radical (unpaired) electrons. The molecule has 1 aliphatic carbocycles. The van der Waals surface area contributed by atoms with Gasteiger partial charge in [-0.2, -0.15) is 0 Å². The van der Waals surface area contributed by atoms with E-state index >= 15 is 0 Å². The Kier molecular flexibility index (Phi) is 6.48. The van der Waals surface area contributed by atoms with Gasteiger partial charge in [-0.15, -0.1) is 12.4 Å². The second-order valence-electron chi connectivity index (χ2n) is 6.33. The second kappa shape index (κ2) is 7.19. The Bertz CT molecular complexity index is 276. The number of piperidine rings is 1. The summed E-state index contributed by atoms with van der Waals surface area (Å²) in [6, 6.07) is 0.407. The van der Waals surface area contributed by atoms with Crippen molar-refractivity contribution in [3.8, 4) is 0 Å². The van der Waals surface area contributed by atoms with Gasteiger partial charge in [-0.1, -0.05) is 6.92 Å². The standard InChI is InChI=1S/C14H26F2N2.ClH/c1-11-4-6-18(13(7-11)9-17)10-12-3-2-5-14(15,16)8-12;/h11-13H,2-10,17H2,1H3;1H. The normalized spacial score (nSPS) is 35.7. The van der Waals surface area contributed by atoms with Gasteiger partial charge in [-0.25, -0.2) is 8.78 Å². The Morgan fingerprint density at radius 2 is 2.05 bits per heavy atom. The van der Waals surface area contributed by atoms with Crippen LogP contribution in [0.4, 0.5) is 8.78 Å². The number of nitrogens with zero attached hydrogens (tertiary/aromatic N) is 1. The number of hydrogen-bond acceptors (Lipinski definition) is 2. The van der Waals surface area contributed by atoms with Crippen LogP contribution in [0.3, 0.4) is 0 Å². The van der Waals surface area contributed by atoms with Gasteiger partial charge in [-0.05, 0) is 44.1 Å². The molecule has 19 heavy (non-hydrogen) atoms. The lowest BCUT2D eigenvalue weighted by atomic mass is 9.84. The molecule has 3 unspecified atom stereocenters. The predicted molar refractivity (Wildman–Crippen MR) is 77.0 cm³/mol. The first kappa shape index (κ1) is 17.1. The molecule has 1 saturated heterocycles. The molecule has 0 amide bonds. The van der Waals surface area contributed by atoms with Crippen LogP contribution in [0.2, 0.25) is 0 Å². The Hall–Kier alpha value is 0.0700. The summed E-state index contributed by atoms with van der Waals surface area (Å²) in [5.41, 5.74) is 5.82. The highest BCUT2D eigenvalue weighted by Gasteiger charge is 2.37. The van der Waals surface area contributed by atoms with Crippen LogP contribution in [0.15, 0.2) is 0 Å². The SMILES string of the molecule is CC1CCN(CC2CCCC(F)(F)C2)C(CN)C1.Cl. The summed E-state index contributed by atoms with van der Waals surface area (Å²) in [5.74, 6) is -1.54. The van der Waals surface area contributed by atoms with Crippen molar-refractivity contribution < 1.29 is 8.78 Å². The Balaban J connectivity index is 0.00000180. The lowest BCUT2D eigenvalue weighted by Gasteiger charge is -2.41. The molecule has 0 aromatic heterocycles. The van der Waals surface area contributed by atoms with Crippen molar-refractivity contribution in [2.75, 3.05) is 19.6 Å². The van der Waals surface area contributed by atoms with Gasteiger partial charge in [0.25, 0.3) is 0 Å². The fourth-order valence-corrected chi connectivity index (χ4v) is 3.55. The smallest absolute Gasteiger partial charge is 0.248 e. The fraction of sp³-hybridized carbons (Fsp3) is 1.00. The highest BCUT2D eigenvalue weighted by Crippen LogP contribution is 2.37. The molecule has 114 valence electrons. The third kappa shape index (κ3) is 4.83. The molecule has 2 aliphatic rings. The Morgan fingerprint density at radius 1 is 1.32 bits per heavy atom. The summed E-state index contributed by atoms with van der Waals surface area (Å²) in [6.45, 7) is 4.78. The Labute approximate surface area is 121 Å². The predicted octanol–water partition coefficient (Wildman–Crippen LogP) is 3.29. The van der Waals surface area contributed by atoms with Crippen molar-refractivity contribution in [3.63, 3.8) is 0 Å². The van der Waals surface area contributed by atoms with Crippen molar-refractivity contribution in [1.29, 1.82) is 0 Å². The number of nitrogens with two attached hydrogens (primary N) is 1. The molecule has 0 aromatic rings. The van der Waals surface area contributed by atoms with E-state index in [1.807, 2.05) is 0 Å². The molecule has 1 saturated carbocycles. The van der Waals surface area contributed by atoms with E-state index < -0.39 is 5.92 Å². The van der Waals surface area contributed by atoms with Crippen molar-refractivity contribution in [3.05, 3.63) is 0 Å². The van der Waals surface area contributed by atoms with Gasteiger partial charge in [0.05, 0.1) is 0 Å². The topological polar surface area (TPSA) is 29.3 Å². The number of rotatable bonds is 3. The summed E-state index contributed by atoms with van der Waals surface area (Å²) < 4.78 is 26.8. The number of halogens is 3. The summed E-state index contributed by atoms with van der Waals surface area (Å²) >= 11 is 0. The Morgan fingerprint density at radius 3 is 2.68 bits per heavy atom.